The minimum Gasteiger partial charge on any atom is -0.495 e. The smallest absolute Gasteiger partial charge is 0.159 e. The third kappa shape index (κ3) is 3.67. The number of aromatic nitrogens is 2. The van der Waals surface area contributed by atoms with Crippen LogP contribution in [-0.4, -0.2) is 43.5 Å². The molecule has 0 unspecified atom stereocenters. The normalized spacial score (nSPS) is 14.1. The Balaban J connectivity index is 1.44. The average Bonchev–Trinajstić information content (AvgIpc) is 2.84. The molecule has 5 rings (SSSR count). The van der Waals surface area contributed by atoms with Gasteiger partial charge in [-0.05, 0) is 19.1 Å². The van der Waals surface area contributed by atoms with Gasteiger partial charge in [-0.3, -0.25) is 0 Å². The summed E-state index contributed by atoms with van der Waals surface area (Å²) in [4.78, 5) is 4.73. The molecule has 1 aliphatic rings. The number of anilines is 2. The molecule has 156 valence electrons. The summed E-state index contributed by atoms with van der Waals surface area (Å²) in [6, 6.07) is 25.2. The van der Waals surface area contributed by atoms with Crippen LogP contribution in [0.3, 0.4) is 0 Å². The molecule has 0 atom stereocenters. The molecule has 1 aromatic heterocycles. The Morgan fingerprint density at radius 3 is 2.10 bits per heavy atom. The first-order valence-corrected chi connectivity index (χ1v) is 10.7. The number of piperazine rings is 1. The van der Waals surface area contributed by atoms with Crippen molar-refractivity contribution < 1.29 is 4.74 Å². The highest BCUT2D eigenvalue weighted by Crippen LogP contribution is 2.33. The number of hydrogen-bond donors (Lipinski definition) is 0. The van der Waals surface area contributed by atoms with Crippen molar-refractivity contribution in [2.75, 3.05) is 43.1 Å². The number of hydrogen-bond acceptors (Lipinski definition) is 5. The van der Waals surface area contributed by atoms with Gasteiger partial charge in [0.25, 0.3) is 0 Å². The summed E-state index contributed by atoms with van der Waals surface area (Å²) in [5.41, 5.74) is 4.43. The zero-order valence-corrected chi connectivity index (χ0v) is 18.0. The minimum absolute atomic E-state index is 0.889. The summed E-state index contributed by atoms with van der Waals surface area (Å²) in [6.07, 6.45) is 0. The van der Waals surface area contributed by atoms with Crippen molar-refractivity contribution in [1.82, 2.24) is 10.2 Å². The standard InChI is InChI=1S/C26H26N4O/c1-19-11-13-20(14-12-19)25-21-7-3-4-8-22(21)26(28-27-25)30-17-15-29(16-18-30)23-9-5-6-10-24(23)31-2/h3-14H,15-18H2,1-2H3. The number of methoxy groups -OCH3 is 1. The van der Waals surface area contributed by atoms with E-state index in [1.165, 1.54) is 5.56 Å². The van der Waals surface area contributed by atoms with Gasteiger partial charge < -0.3 is 14.5 Å². The van der Waals surface area contributed by atoms with Crippen molar-refractivity contribution in [1.29, 1.82) is 0 Å². The van der Waals surface area contributed by atoms with E-state index in [0.29, 0.717) is 0 Å². The average molecular weight is 411 g/mol. The van der Waals surface area contributed by atoms with Crippen LogP contribution in [-0.2, 0) is 0 Å². The fourth-order valence-corrected chi connectivity index (χ4v) is 4.30. The SMILES string of the molecule is COc1ccccc1N1CCN(c2nnc(-c3ccc(C)cc3)c3ccccc23)CC1. The molecule has 1 aliphatic heterocycles. The van der Waals surface area contributed by atoms with Gasteiger partial charge in [0.15, 0.2) is 5.82 Å². The van der Waals surface area contributed by atoms with E-state index >= 15 is 0 Å². The maximum atomic E-state index is 5.55. The number of benzene rings is 3. The Bertz CT molecular complexity index is 1200. The molecule has 2 heterocycles. The van der Waals surface area contributed by atoms with Crippen LogP contribution in [0.25, 0.3) is 22.0 Å². The molecule has 0 aliphatic carbocycles. The van der Waals surface area contributed by atoms with Gasteiger partial charge in [-0.15, -0.1) is 10.2 Å². The molecule has 0 N–H and O–H groups in total. The number of para-hydroxylation sites is 2. The van der Waals surface area contributed by atoms with Gasteiger partial charge in [-0.25, -0.2) is 0 Å². The van der Waals surface area contributed by atoms with E-state index in [0.717, 1.165) is 65.5 Å². The summed E-state index contributed by atoms with van der Waals surface area (Å²) < 4.78 is 5.55. The van der Waals surface area contributed by atoms with Crippen molar-refractivity contribution in [3.63, 3.8) is 0 Å². The van der Waals surface area contributed by atoms with E-state index in [2.05, 4.69) is 82.5 Å². The molecular weight excluding hydrogens is 384 g/mol. The van der Waals surface area contributed by atoms with E-state index in [1.54, 1.807) is 7.11 Å². The maximum absolute atomic E-state index is 5.55. The number of aryl methyl sites for hydroxylation is 1. The number of rotatable bonds is 4. The predicted octanol–water partition coefficient (Wildman–Crippen LogP) is 4.94. The van der Waals surface area contributed by atoms with Crippen LogP contribution in [0.1, 0.15) is 5.56 Å². The van der Waals surface area contributed by atoms with Gasteiger partial charge in [-0.1, -0.05) is 66.2 Å². The molecule has 31 heavy (non-hydrogen) atoms. The van der Waals surface area contributed by atoms with E-state index in [1.807, 2.05) is 12.1 Å². The maximum Gasteiger partial charge on any atom is 0.159 e. The Morgan fingerprint density at radius 1 is 0.710 bits per heavy atom. The molecule has 3 aromatic carbocycles. The monoisotopic (exact) mass is 410 g/mol. The number of nitrogens with zero attached hydrogens (tertiary/aromatic N) is 4. The largest absolute Gasteiger partial charge is 0.495 e. The molecule has 0 amide bonds. The zero-order valence-electron chi connectivity index (χ0n) is 18.0. The molecule has 1 saturated heterocycles. The third-order valence-corrected chi connectivity index (χ3v) is 6.00. The molecule has 0 bridgehead atoms. The Kier molecular flexibility index (Phi) is 5.16. The van der Waals surface area contributed by atoms with Crippen molar-refractivity contribution >= 4 is 22.3 Å². The van der Waals surface area contributed by atoms with Crippen LogP contribution >= 0.6 is 0 Å². The first-order valence-electron chi connectivity index (χ1n) is 10.7. The van der Waals surface area contributed by atoms with Gasteiger partial charge in [0.1, 0.15) is 11.4 Å². The lowest BCUT2D eigenvalue weighted by Crippen LogP contribution is -2.47. The van der Waals surface area contributed by atoms with Crippen LogP contribution in [0.15, 0.2) is 72.8 Å². The van der Waals surface area contributed by atoms with E-state index in [9.17, 15) is 0 Å². The zero-order chi connectivity index (χ0) is 21.2. The molecule has 0 spiro atoms. The molecule has 5 nitrogen and oxygen atoms in total. The summed E-state index contributed by atoms with van der Waals surface area (Å²) in [5, 5.41) is 11.6. The van der Waals surface area contributed by atoms with E-state index in [4.69, 9.17) is 9.84 Å². The van der Waals surface area contributed by atoms with Gasteiger partial charge in [0.05, 0.1) is 12.8 Å². The molecule has 0 saturated carbocycles. The summed E-state index contributed by atoms with van der Waals surface area (Å²) in [6.45, 7) is 5.70. The first-order chi connectivity index (χ1) is 15.2. The highest BCUT2D eigenvalue weighted by atomic mass is 16.5. The topological polar surface area (TPSA) is 41.5 Å². The second-order valence-electron chi connectivity index (χ2n) is 7.93. The first kappa shape index (κ1) is 19.4. The van der Waals surface area contributed by atoms with Crippen molar-refractivity contribution in [3.05, 3.63) is 78.4 Å². The highest BCUT2D eigenvalue weighted by molar-refractivity contribution is 6.00. The Morgan fingerprint density at radius 2 is 1.35 bits per heavy atom. The quantitative estimate of drug-likeness (QED) is 0.477. The van der Waals surface area contributed by atoms with E-state index < -0.39 is 0 Å². The number of ether oxygens (including phenoxy) is 1. The van der Waals surface area contributed by atoms with Crippen LogP contribution in [0.5, 0.6) is 5.75 Å². The van der Waals surface area contributed by atoms with Crippen molar-refractivity contribution in [2.24, 2.45) is 0 Å². The second-order valence-corrected chi connectivity index (χ2v) is 7.93. The lowest BCUT2D eigenvalue weighted by Gasteiger charge is -2.37. The Labute approximate surface area is 182 Å². The van der Waals surface area contributed by atoms with Crippen LogP contribution in [0.2, 0.25) is 0 Å². The second kappa shape index (κ2) is 8.26. The third-order valence-electron chi connectivity index (χ3n) is 6.00. The fourth-order valence-electron chi connectivity index (χ4n) is 4.30. The highest BCUT2D eigenvalue weighted by Gasteiger charge is 2.23. The van der Waals surface area contributed by atoms with Crippen molar-refractivity contribution in [3.8, 4) is 17.0 Å². The molecular formula is C26H26N4O. The number of fused-ring (bicyclic) bond motifs is 1. The molecule has 1 fully saturated rings. The molecule has 0 radical (unpaired) electrons. The van der Waals surface area contributed by atoms with Crippen molar-refractivity contribution in [2.45, 2.75) is 6.92 Å². The van der Waals surface area contributed by atoms with Crippen LogP contribution < -0.4 is 14.5 Å². The molecule has 4 aromatic rings. The van der Waals surface area contributed by atoms with Crippen LogP contribution in [0, 0.1) is 6.92 Å². The lowest BCUT2D eigenvalue weighted by molar-refractivity contribution is 0.413. The minimum atomic E-state index is 0.889. The predicted molar refractivity (Wildman–Crippen MR) is 127 cm³/mol. The van der Waals surface area contributed by atoms with Gasteiger partial charge in [0.2, 0.25) is 0 Å². The Hall–Kier alpha value is -3.60. The lowest BCUT2D eigenvalue weighted by atomic mass is 10.0. The van der Waals surface area contributed by atoms with E-state index in [-0.39, 0.29) is 0 Å². The summed E-state index contributed by atoms with van der Waals surface area (Å²) >= 11 is 0. The fraction of sp³-hybridized carbons (Fsp3) is 0.231. The van der Waals surface area contributed by atoms with Gasteiger partial charge in [-0.2, -0.15) is 0 Å². The summed E-state index contributed by atoms with van der Waals surface area (Å²) in [5.74, 6) is 1.88. The van der Waals surface area contributed by atoms with Gasteiger partial charge >= 0.3 is 0 Å². The summed E-state index contributed by atoms with van der Waals surface area (Å²) in [7, 11) is 1.73. The van der Waals surface area contributed by atoms with Crippen LogP contribution in [0.4, 0.5) is 11.5 Å². The van der Waals surface area contributed by atoms with Gasteiger partial charge in [0, 0.05) is 42.5 Å². The molecule has 5 heteroatoms.